The lowest BCUT2D eigenvalue weighted by molar-refractivity contribution is -0.139. The maximum absolute atomic E-state index is 12.4. The first-order valence-electron chi connectivity index (χ1n) is 6.58. The van der Waals surface area contributed by atoms with E-state index in [0.717, 1.165) is 0 Å². The Hall–Kier alpha value is -1.41. The molecule has 1 aliphatic carbocycles. The molecule has 1 unspecified atom stereocenters. The third-order valence-electron chi connectivity index (χ3n) is 4.50. The van der Waals surface area contributed by atoms with Gasteiger partial charge in [0.15, 0.2) is 5.03 Å². The number of aliphatic carboxylic acids is 1. The number of aryl methyl sites for hydroxylation is 1. The van der Waals surface area contributed by atoms with E-state index >= 15 is 0 Å². The van der Waals surface area contributed by atoms with Gasteiger partial charge in [0.05, 0.1) is 5.92 Å². The van der Waals surface area contributed by atoms with Gasteiger partial charge in [-0.15, -0.1) is 0 Å². The van der Waals surface area contributed by atoms with E-state index < -0.39 is 16.0 Å². The molecular formula is C12H17N3O4S. The molecule has 1 aromatic heterocycles. The van der Waals surface area contributed by atoms with Gasteiger partial charge in [-0.05, 0) is 30.7 Å². The van der Waals surface area contributed by atoms with Crippen LogP contribution in [0.15, 0.2) is 17.3 Å². The van der Waals surface area contributed by atoms with Crippen LogP contribution in [0, 0.1) is 11.3 Å². The van der Waals surface area contributed by atoms with Gasteiger partial charge in [0.1, 0.15) is 0 Å². The predicted octanol–water partition coefficient (Wildman–Crippen LogP) is 0.296. The molecule has 8 heteroatoms. The highest BCUT2D eigenvalue weighted by Gasteiger charge is 2.59. The number of carboxylic acids is 1. The Kier molecular flexibility index (Phi) is 2.91. The summed E-state index contributed by atoms with van der Waals surface area (Å²) in [6.45, 7) is 0.755. The van der Waals surface area contributed by atoms with Gasteiger partial charge in [-0.25, -0.2) is 8.42 Å². The topological polar surface area (TPSA) is 92.5 Å². The highest BCUT2D eigenvalue weighted by Crippen LogP contribution is 2.59. The first-order chi connectivity index (χ1) is 9.35. The Balaban J connectivity index is 1.71. The summed E-state index contributed by atoms with van der Waals surface area (Å²) in [6.07, 6.45) is 3.52. The summed E-state index contributed by atoms with van der Waals surface area (Å²) in [4.78, 5) is 11.0. The predicted molar refractivity (Wildman–Crippen MR) is 69.4 cm³/mol. The zero-order chi connectivity index (χ0) is 14.5. The fourth-order valence-electron chi connectivity index (χ4n) is 3.08. The number of nitrogens with zero attached hydrogens (tertiary/aromatic N) is 3. The van der Waals surface area contributed by atoms with Crippen molar-refractivity contribution in [3.63, 3.8) is 0 Å². The molecule has 1 N–H and O–H groups in total. The summed E-state index contributed by atoms with van der Waals surface area (Å²) in [5.74, 6) is -1.05. The normalized spacial score (nSPS) is 25.8. The van der Waals surface area contributed by atoms with Crippen LogP contribution in [0.5, 0.6) is 0 Å². The van der Waals surface area contributed by atoms with E-state index in [-0.39, 0.29) is 16.4 Å². The van der Waals surface area contributed by atoms with Crippen LogP contribution in [0.3, 0.4) is 0 Å². The molecule has 20 heavy (non-hydrogen) atoms. The van der Waals surface area contributed by atoms with E-state index in [1.54, 1.807) is 13.2 Å². The van der Waals surface area contributed by atoms with Crippen LogP contribution in [-0.4, -0.2) is 46.7 Å². The van der Waals surface area contributed by atoms with Crippen molar-refractivity contribution in [3.05, 3.63) is 12.3 Å². The van der Waals surface area contributed by atoms with Crippen molar-refractivity contribution in [1.82, 2.24) is 14.1 Å². The second-order valence-electron chi connectivity index (χ2n) is 5.69. The minimum Gasteiger partial charge on any atom is -0.481 e. The molecule has 7 nitrogen and oxygen atoms in total. The van der Waals surface area contributed by atoms with Crippen LogP contribution in [-0.2, 0) is 21.9 Å². The van der Waals surface area contributed by atoms with Gasteiger partial charge in [-0.2, -0.15) is 9.40 Å². The lowest BCUT2D eigenvalue weighted by Gasteiger charge is -2.31. The van der Waals surface area contributed by atoms with Crippen LogP contribution >= 0.6 is 0 Å². The summed E-state index contributed by atoms with van der Waals surface area (Å²) in [5.41, 5.74) is -0.165. The van der Waals surface area contributed by atoms with E-state index in [9.17, 15) is 13.2 Å². The Labute approximate surface area is 117 Å². The van der Waals surface area contributed by atoms with Gasteiger partial charge in [0.25, 0.3) is 10.0 Å². The van der Waals surface area contributed by atoms with Gasteiger partial charge < -0.3 is 5.11 Å². The number of hydrogen-bond donors (Lipinski definition) is 1. The zero-order valence-electron chi connectivity index (χ0n) is 11.2. The summed E-state index contributed by atoms with van der Waals surface area (Å²) in [5, 5.41) is 13.0. The first-order valence-corrected chi connectivity index (χ1v) is 8.02. The van der Waals surface area contributed by atoms with Crippen molar-refractivity contribution in [2.75, 3.05) is 13.1 Å². The van der Waals surface area contributed by atoms with Crippen molar-refractivity contribution in [2.24, 2.45) is 18.4 Å². The number of carboxylic acid groups (broad SMARTS) is 1. The summed E-state index contributed by atoms with van der Waals surface area (Å²) in [6, 6.07) is 1.48. The SMILES string of the molecule is Cn1ccc(S(=O)(=O)N2CCC3(CC2)CC3C(=O)O)n1. The smallest absolute Gasteiger partial charge is 0.307 e. The monoisotopic (exact) mass is 299 g/mol. The molecule has 1 saturated heterocycles. The maximum atomic E-state index is 12.4. The Morgan fingerprint density at radius 3 is 2.55 bits per heavy atom. The molecule has 0 amide bonds. The number of piperidine rings is 1. The molecule has 0 bridgehead atoms. The molecule has 0 aromatic carbocycles. The van der Waals surface area contributed by atoms with Crippen molar-refractivity contribution in [1.29, 1.82) is 0 Å². The number of sulfonamides is 1. The number of carbonyl (C=O) groups is 1. The average molecular weight is 299 g/mol. The number of rotatable bonds is 3. The molecular weight excluding hydrogens is 282 g/mol. The molecule has 1 spiro atoms. The second kappa shape index (κ2) is 4.29. The van der Waals surface area contributed by atoms with Gasteiger partial charge in [0, 0.05) is 26.3 Å². The average Bonchev–Trinajstić information content (AvgIpc) is 2.90. The van der Waals surface area contributed by atoms with Crippen molar-refractivity contribution < 1.29 is 18.3 Å². The van der Waals surface area contributed by atoms with Gasteiger partial charge in [0.2, 0.25) is 0 Å². The number of hydrogen-bond acceptors (Lipinski definition) is 4. The minimum atomic E-state index is -3.55. The van der Waals surface area contributed by atoms with Gasteiger partial charge >= 0.3 is 5.97 Å². The van der Waals surface area contributed by atoms with Crippen LogP contribution in [0.2, 0.25) is 0 Å². The zero-order valence-corrected chi connectivity index (χ0v) is 12.0. The van der Waals surface area contributed by atoms with Gasteiger partial charge in [-0.3, -0.25) is 9.48 Å². The second-order valence-corrected chi connectivity index (χ2v) is 7.57. The third kappa shape index (κ3) is 2.03. The van der Waals surface area contributed by atoms with Crippen LogP contribution in [0.4, 0.5) is 0 Å². The summed E-state index contributed by atoms with van der Waals surface area (Å²) in [7, 11) is -1.87. The van der Waals surface area contributed by atoms with E-state index in [0.29, 0.717) is 32.4 Å². The standard InChI is InChI=1S/C12H17N3O4S/c1-14-5-2-10(13-14)20(18,19)15-6-3-12(4-7-15)8-9(12)11(16)17/h2,5,9H,3-4,6-8H2,1H3,(H,16,17). The Morgan fingerprint density at radius 2 is 2.10 bits per heavy atom. The molecule has 1 aromatic rings. The fourth-order valence-corrected chi connectivity index (χ4v) is 4.48. The van der Waals surface area contributed by atoms with Crippen LogP contribution in [0.25, 0.3) is 0 Å². The van der Waals surface area contributed by atoms with E-state index in [1.165, 1.54) is 15.1 Å². The summed E-state index contributed by atoms with van der Waals surface area (Å²) >= 11 is 0. The van der Waals surface area contributed by atoms with E-state index in [1.807, 2.05) is 0 Å². The molecule has 2 aliphatic rings. The highest BCUT2D eigenvalue weighted by atomic mass is 32.2. The Morgan fingerprint density at radius 1 is 1.45 bits per heavy atom. The van der Waals surface area contributed by atoms with E-state index in [2.05, 4.69) is 5.10 Å². The molecule has 2 fully saturated rings. The molecule has 1 atom stereocenters. The van der Waals surface area contributed by atoms with Crippen molar-refractivity contribution in [3.8, 4) is 0 Å². The number of aromatic nitrogens is 2. The Bertz CT molecular complexity index is 643. The van der Waals surface area contributed by atoms with Crippen LogP contribution < -0.4 is 0 Å². The maximum Gasteiger partial charge on any atom is 0.307 e. The molecule has 3 rings (SSSR count). The fraction of sp³-hybridized carbons (Fsp3) is 0.667. The largest absolute Gasteiger partial charge is 0.481 e. The van der Waals surface area contributed by atoms with E-state index in [4.69, 9.17) is 5.11 Å². The summed E-state index contributed by atoms with van der Waals surface area (Å²) < 4.78 is 27.6. The minimum absolute atomic E-state index is 0.0570. The molecule has 0 radical (unpaired) electrons. The lowest BCUT2D eigenvalue weighted by Crippen LogP contribution is -2.40. The molecule has 1 aliphatic heterocycles. The molecule has 110 valence electrons. The molecule has 2 heterocycles. The molecule has 1 saturated carbocycles. The van der Waals surface area contributed by atoms with Crippen LogP contribution in [0.1, 0.15) is 19.3 Å². The van der Waals surface area contributed by atoms with Crippen molar-refractivity contribution in [2.45, 2.75) is 24.3 Å². The van der Waals surface area contributed by atoms with Gasteiger partial charge in [-0.1, -0.05) is 0 Å². The quantitative estimate of drug-likeness (QED) is 0.866. The highest BCUT2D eigenvalue weighted by molar-refractivity contribution is 7.89. The third-order valence-corrected chi connectivity index (χ3v) is 6.29. The first kappa shape index (κ1) is 13.6. The van der Waals surface area contributed by atoms with Crippen molar-refractivity contribution >= 4 is 16.0 Å². The lowest BCUT2D eigenvalue weighted by atomic mass is 9.92.